The number of amides is 2. The normalized spacial score (nSPS) is 13.8. The first kappa shape index (κ1) is 22.1. The van der Waals surface area contributed by atoms with Crippen molar-refractivity contribution in [3.8, 4) is 11.5 Å². The van der Waals surface area contributed by atoms with Crippen molar-refractivity contribution in [1.82, 2.24) is 10.8 Å². The van der Waals surface area contributed by atoms with Crippen molar-refractivity contribution in [3.63, 3.8) is 0 Å². The number of phenols is 1. The Balaban J connectivity index is 1.82. The number of hydrogen-bond acceptors (Lipinski definition) is 7. The van der Waals surface area contributed by atoms with Crippen LogP contribution in [0.15, 0.2) is 42.5 Å². The number of benzene rings is 2. The summed E-state index contributed by atoms with van der Waals surface area (Å²) in [5, 5.41) is 21.4. The molecule has 0 aromatic heterocycles. The first-order valence-corrected chi connectivity index (χ1v) is 9.75. The van der Waals surface area contributed by atoms with E-state index in [1.807, 2.05) is 6.07 Å². The third-order valence-electron chi connectivity index (χ3n) is 4.85. The molecule has 31 heavy (non-hydrogen) atoms. The topological polar surface area (TPSA) is 120 Å². The van der Waals surface area contributed by atoms with E-state index in [-0.39, 0.29) is 18.2 Å². The van der Waals surface area contributed by atoms with Gasteiger partial charge in [-0.25, -0.2) is 5.48 Å². The maximum Gasteiger partial charge on any atom is 0.267 e. The minimum absolute atomic E-state index is 0.00227. The van der Waals surface area contributed by atoms with Crippen LogP contribution in [0.3, 0.4) is 0 Å². The number of nitrogens with one attached hydrogen (secondary N) is 2. The molecule has 0 unspecified atom stereocenters. The lowest BCUT2D eigenvalue weighted by atomic mass is 10.1. The number of carbonyl (C=O) groups is 2. The van der Waals surface area contributed by atoms with E-state index in [1.165, 1.54) is 30.8 Å². The van der Waals surface area contributed by atoms with Crippen LogP contribution in [-0.2, 0) is 16.1 Å². The van der Waals surface area contributed by atoms with E-state index in [0.29, 0.717) is 43.2 Å². The van der Waals surface area contributed by atoms with Crippen molar-refractivity contribution in [2.75, 3.05) is 38.3 Å². The first-order valence-electron chi connectivity index (χ1n) is 9.75. The van der Waals surface area contributed by atoms with Gasteiger partial charge in [-0.2, -0.15) is 0 Å². The van der Waals surface area contributed by atoms with Crippen LogP contribution < -0.4 is 20.4 Å². The summed E-state index contributed by atoms with van der Waals surface area (Å²) in [6.07, 6.45) is 2.68. The van der Waals surface area contributed by atoms with Gasteiger partial charge in [0.1, 0.15) is 0 Å². The molecule has 0 atom stereocenters. The van der Waals surface area contributed by atoms with Crippen molar-refractivity contribution in [1.29, 1.82) is 0 Å². The lowest BCUT2D eigenvalue weighted by Gasteiger charge is -2.30. The number of hydroxylamine groups is 1. The van der Waals surface area contributed by atoms with Gasteiger partial charge in [0.05, 0.1) is 25.9 Å². The number of nitrogens with zero attached hydrogens (tertiary/aromatic N) is 1. The predicted molar refractivity (Wildman–Crippen MR) is 114 cm³/mol. The molecule has 0 radical (unpaired) electrons. The Morgan fingerprint density at radius 3 is 2.65 bits per heavy atom. The maximum atomic E-state index is 13.0. The lowest BCUT2D eigenvalue weighted by Crippen LogP contribution is -2.38. The zero-order valence-electron chi connectivity index (χ0n) is 17.1. The van der Waals surface area contributed by atoms with Gasteiger partial charge in [-0.1, -0.05) is 12.1 Å². The summed E-state index contributed by atoms with van der Waals surface area (Å²) >= 11 is 0. The highest BCUT2D eigenvalue weighted by molar-refractivity contribution is 6.01. The number of hydrogen-bond donors (Lipinski definition) is 4. The Morgan fingerprint density at radius 2 is 1.97 bits per heavy atom. The van der Waals surface area contributed by atoms with E-state index in [0.717, 1.165) is 11.3 Å². The van der Waals surface area contributed by atoms with Gasteiger partial charge in [-0.05, 0) is 41.5 Å². The number of anilines is 1. The molecule has 4 N–H and O–H groups in total. The molecule has 1 heterocycles. The Labute approximate surface area is 179 Å². The molecule has 1 aliphatic rings. The smallest absolute Gasteiger partial charge is 0.267 e. The molecule has 9 nitrogen and oxygen atoms in total. The average Bonchev–Trinajstić information content (AvgIpc) is 2.81. The lowest BCUT2D eigenvalue weighted by molar-refractivity contribution is -0.124. The zero-order valence-corrected chi connectivity index (χ0v) is 17.1. The van der Waals surface area contributed by atoms with E-state index >= 15 is 0 Å². The van der Waals surface area contributed by atoms with Crippen LogP contribution in [0.1, 0.15) is 21.5 Å². The molecular weight excluding hydrogens is 402 g/mol. The monoisotopic (exact) mass is 427 g/mol. The van der Waals surface area contributed by atoms with E-state index < -0.39 is 5.91 Å². The largest absolute Gasteiger partial charge is 0.504 e. The van der Waals surface area contributed by atoms with Crippen LogP contribution >= 0.6 is 0 Å². The minimum atomic E-state index is -0.664. The average molecular weight is 427 g/mol. The third kappa shape index (κ3) is 5.74. The number of phenolic OH excluding ortho intramolecular Hbond substituents is 1. The summed E-state index contributed by atoms with van der Waals surface area (Å²) < 4.78 is 10.4. The summed E-state index contributed by atoms with van der Waals surface area (Å²) in [7, 11) is 1.47. The second-order valence-electron chi connectivity index (χ2n) is 6.87. The van der Waals surface area contributed by atoms with Crippen molar-refractivity contribution in [2.45, 2.75) is 6.54 Å². The summed E-state index contributed by atoms with van der Waals surface area (Å²) in [6, 6.07) is 10.2. The molecule has 0 bridgehead atoms. The molecule has 1 saturated heterocycles. The van der Waals surface area contributed by atoms with Gasteiger partial charge in [-0.15, -0.1) is 0 Å². The van der Waals surface area contributed by atoms with Gasteiger partial charge < -0.3 is 24.8 Å². The van der Waals surface area contributed by atoms with E-state index in [4.69, 9.17) is 14.7 Å². The summed E-state index contributed by atoms with van der Waals surface area (Å²) in [5.41, 5.74) is 4.10. The molecule has 0 saturated carbocycles. The quantitative estimate of drug-likeness (QED) is 0.301. The van der Waals surface area contributed by atoms with E-state index in [9.17, 15) is 14.7 Å². The highest BCUT2D eigenvalue weighted by atomic mass is 16.5. The highest BCUT2D eigenvalue weighted by Crippen LogP contribution is 2.27. The van der Waals surface area contributed by atoms with Crippen LogP contribution in [0.25, 0.3) is 6.08 Å². The Bertz CT molecular complexity index is 970. The fourth-order valence-corrected chi connectivity index (χ4v) is 3.25. The fourth-order valence-electron chi connectivity index (χ4n) is 3.25. The molecule has 1 aliphatic heterocycles. The number of methoxy groups -OCH3 is 1. The number of morpholine rings is 1. The second-order valence-corrected chi connectivity index (χ2v) is 6.87. The van der Waals surface area contributed by atoms with E-state index in [2.05, 4.69) is 10.2 Å². The molecular formula is C22H25N3O6. The summed E-state index contributed by atoms with van der Waals surface area (Å²) in [5.74, 6) is -0.602. The number of ether oxygens (including phenoxy) is 2. The van der Waals surface area contributed by atoms with Crippen molar-refractivity contribution in [3.05, 3.63) is 59.2 Å². The Morgan fingerprint density at radius 1 is 1.19 bits per heavy atom. The Kier molecular flexibility index (Phi) is 7.47. The molecule has 2 aromatic carbocycles. The maximum absolute atomic E-state index is 13.0. The highest BCUT2D eigenvalue weighted by Gasteiger charge is 2.19. The molecule has 164 valence electrons. The van der Waals surface area contributed by atoms with E-state index in [1.54, 1.807) is 24.3 Å². The van der Waals surface area contributed by atoms with Gasteiger partial charge in [0, 0.05) is 31.4 Å². The standard InChI is InChI=1S/C22H25N3O6/c1-30-20-6-3-16(13-19(20)26)14-23-22(28)17-12-15(4-7-21(27)24-29)2-5-18(17)25-8-10-31-11-9-25/h2-7,12-13,26,29H,8-11,14H2,1H3,(H,23,28)(H,24,27)/b7-4+. The molecule has 2 aromatic rings. The van der Waals surface area contributed by atoms with Crippen molar-refractivity contribution in [2.24, 2.45) is 0 Å². The van der Waals surface area contributed by atoms with Crippen molar-refractivity contribution < 1.29 is 29.4 Å². The fraction of sp³-hybridized carbons (Fsp3) is 0.273. The Hall–Kier alpha value is -3.56. The minimum Gasteiger partial charge on any atom is -0.504 e. The van der Waals surface area contributed by atoms with Gasteiger partial charge in [-0.3, -0.25) is 14.8 Å². The zero-order chi connectivity index (χ0) is 22.2. The van der Waals surface area contributed by atoms with Gasteiger partial charge >= 0.3 is 0 Å². The molecule has 1 fully saturated rings. The summed E-state index contributed by atoms with van der Waals surface area (Å²) in [4.78, 5) is 26.4. The number of aromatic hydroxyl groups is 1. The molecule has 2 amide bonds. The van der Waals surface area contributed by atoms with Gasteiger partial charge in [0.15, 0.2) is 11.5 Å². The molecule has 9 heteroatoms. The van der Waals surface area contributed by atoms with Crippen LogP contribution in [0.2, 0.25) is 0 Å². The number of carbonyl (C=O) groups excluding carboxylic acids is 2. The predicted octanol–water partition coefficient (Wildman–Crippen LogP) is 1.69. The van der Waals surface area contributed by atoms with Crippen LogP contribution in [0, 0.1) is 0 Å². The molecule has 3 rings (SSSR count). The third-order valence-corrected chi connectivity index (χ3v) is 4.85. The van der Waals surface area contributed by atoms with Gasteiger partial charge in [0.2, 0.25) is 0 Å². The van der Waals surface area contributed by atoms with Crippen LogP contribution in [0.4, 0.5) is 5.69 Å². The van der Waals surface area contributed by atoms with Crippen LogP contribution in [-0.4, -0.2) is 55.5 Å². The second kappa shape index (κ2) is 10.5. The molecule has 0 aliphatic carbocycles. The SMILES string of the molecule is COc1ccc(CNC(=O)c2cc(/C=C/C(=O)NO)ccc2N2CCOCC2)cc1O. The van der Waals surface area contributed by atoms with Crippen molar-refractivity contribution >= 4 is 23.6 Å². The molecule has 0 spiro atoms. The van der Waals surface area contributed by atoms with Crippen LogP contribution in [0.5, 0.6) is 11.5 Å². The first-order chi connectivity index (χ1) is 15.0. The van der Waals surface area contributed by atoms with Gasteiger partial charge in [0.25, 0.3) is 11.8 Å². The summed E-state index contributed by atoms with van der Waals surface area (Å²) in [6.45, 7) is 2.68. The number of rotatable bonds is 7.